The number of methoxy groups -OCH3 is 1. The lowest BCUT2D eigenvalue weighted by Gasteiger charge is -2.35. The van der Waals surface area contributed by atoms with Gasteiger partial charge in [-0.2, -0.15) is 5.26 Å². The van der Waals surface area contributed by atoms with Crippen molar-refractivity contribution in [2.45, 2.75) is 33.2 Å². The lowest BCUT2D eigenvalue weighted by atomic mass is 9.82. The number of nitriles is 1. The normalized spacial score (nSPS) is 18.8. The number of nitrogens with zero attached hydrogens (tertiary/aromatic N) is 2. The average molecular weight is 258 g/mol. The molecule has 19 heavy (non-hydrogen) atoms. The molecule has 0 atom stereocenters. The molecule has 102 valence electrons. The van der Waals surface area contributed by atoms with Crippen molar-refractivity contribution in [1.82, 2.24) is 4.90 Å². The summed E-state index contributed by atoms with van der Waals surface area (Å²) in [7, 11) is 1.72. The molecular formula is C16H22N2O. The summed E-state index contributed by atoms with van der Waals surface area (Å²) in [6.45, 7) is 7.05. The van der Waals surface area contributed by atoms with Crippen LogP contribution in [-0.2, 0) is 6.54 Å². The molecule has 3 heteroatoms. The summed E-state index contributed by atoms with van der Waals surface area (Å²) in [5, 5.41) is 9.16. The minimum absolute atomic E-state index is 0.132. The summed E-state index contributed by atoms with van der Waals surface area (Å²) >= 11 is 0. The van der Waals surface area contributed by atoms with Crippen LogP contribution in [0.2, 0.25) is 0 Å². The molecule has 1 aliphatic rings. The monoisotopic (exact) mass is 258 g/mol. The van der Waals surface area contributed by atoms with E-state index < -0.39 is 0 Å². The van der Waals surface area contributed by atoms with Crippen LogP contribution in [0.1, 0.15) is 30.9 Å². The summed E-state index contributed by atoms with van der Waals surface area (Å²) < 4.78 is 5.42. The molecule has 0 spiro atoms. The van der Waals surface area contributed by atoms with Gasteiger partial charge < -0.3 is 4.74 Å². The highest BCUT2D eigenvalue weighted by Gasteiger charge is 2.29. The van der Waals surface area contributed by atoms with Crippen LogP contribution in [-0.4, -0.2) is 25.1 Å². The third kappa shape index (κ3) is 3.27. The molecule has 1 heterocycles. The molecule has 1 fully saturated rings. The number of piperidine rings is 1. The minimum Gasteiger partial charge on any atom is -0.496 e. The standard InChI is InChI=1S/C16H22N2O/c1-13-4-5-15(19-3)14(10-13)11-18-8-6-16(2,12-17)7-9-18/h4-5,10H,6-9,11H2,1-3H3. The summed E-state index contributed by atoms with van der Waals surface area (Å²) in [4.78, 5) is 2.41. The number of hydrogen-bond donors (Lipinski definition) is 0. The molecule has 2 rings (SSSR count). The second-order valence-electron chi connectivity index (χ2n) is 5.76. The second-order valence-corrected chi connectivity index (χ2v) is 5.76. The van der Waals surface area contributed by atoms with Crippen molar-refractivity contribution in [2.75, 3.05) is 20.2 Å². The van der Waals surface area contributed by atoms with Crippen LogP contribution >= 0.6 is 0 Å². The highest BCUT2D eigenvalue weighted by atomic mass is 16.5. The summed E-state index contributed by atoms with van der Waals surface area (Å²) in [6, 6.07) is 8.75. The minimum atomic E-state index is -0.132. The van der Waals surface area contributed by atoms with Crippen molar-refractivity contribution >= 4 is 0 Å². The molecular weight excluding hydrogens is 236 g/mol. The lowest BCUT2D eigenvalue weighted by Crippen LogP contribution is -2.37. The Bertz CT molecular complexity index is 482. The average Bonchev–Trinajstić information content (AvgIpc) is 2.42. The third-order valence-electron chi connectivity index (χ3n) is 4.06. The summed E-state index contributed by atoms with van der Waals surface area (Å²) in [5.41, 5.74) is 2.37. The molecule has 1 aromatic rings. The number of hydrogen-bond acceptors (Lipinski definition) is 3. The topological polar surface area (TPSA) is 36.3 Å². The van der Waals surface area contributed by atoms with Gasteiger partial charge in [-0.1, -0.05) is 17.7 Å². The molecule has 0 radical (unpaired) electrons. The zero-order chi connectivity index (χ0) is 13.9. The van der Waals surface area contributed by atoms with Gasteiger partial charge in [0.1, 0.15) is 5.75 Å². The summed E-state index contributed by atoms with van der Waals surface area (Å²) in [5.74, 6) is 0.958. The fourth-order valence-electron chi connectivity index (χ4n) is 2.59. The van der Waals surface area contributed by atoms with Crippen molar-refractivity contribution in [3.05, 3.63) is 29.3 Å². The van der Waals surface area contributed by atoms with Gasteiger partial charge in [0.2, 0.25) is 0 Å². The van der Waals surface area contributed by atoms with Crippen molar-refractivity contribution in [3.8, 4) is 11.8 Å². The predicted molar refractivity (Wildman–Crippen MR) is 76.0 cm³/mol. The summed E-state index contributed by atoms with van der Waals surface area (Å²) in [6.07, 6.45) is 1.91. The maximum atomic E-state index is 9.16. The Morgan fingerprint density at radius 3 is 2.63 bits per heavy atom. The van der Waals surface area contributed by atoms with Crippen LogP contribution in [0.15, 0.2) is 18.2 Å². The van der Waals surface area contributed by atoms with Gasteiger partial charge in [0.25, 0.3) is 0 Å². The number of benzene rings is 1. The van der Waals surface area contributed by atoms with Crippen LogP contribution in [0.5, 0.6) is 5.75 Å². The van der Waals surface area contributed by atoms with Crippen LogP contribution < -0.4 is 4.74 Å². The molecule has 0 saturated carbocycles. The third-order valence-corrected chi connectivity index (χ3v) is 4.06. The maximum absolute atomic E-state index is 9.16. The Kier molecular flexibility index (Phi) is 4.11. The van der Waals surface area contributed by atoms with Gasteiger partial charge >= 0.3 is 0 Å². The van der Waals surface area contributed by atoms with Crippen molar-refractivity contribution in [1.29, 1.82) is 5.26 Å². The van der Waals surface area contributed by atoms with E-state index in [-0.39, 0.29) is 5.41 Å². The highest BCUT2D eigenvalue weighted by Crippen LogP contribution is 2.31. The Hall–Kier alpha value is -1.53. The van der Waals surface area contributed by atoms with Gasteiger partial charge in [0.05, 0.1) is 18.6 Å². The molecule has 1 aliphatic heterocycles. The van der Waals surface area contributed by atoms with E-state index in [0.29, 0.717) is 0 Å². The van der Waals surface area contributed by atoms with Gasteiger partial charge in [-0.25, -0.2) is 0 Å². The van der Waals surface area contributed by atoms with E-state index >= 15 is 0 Å². The predicted octanol–water partition coefficient (Wildman–Crippen LogP) is 3.13. The Morgan fingerprint density at radius 1 is 1.37 bits per heavy atom. The molecule has 0 amide bonds. The van der Waals surface area contributed by atoms with E-state index in [0.717, 1.165) is 38.2 Å². The highest BCUT2D eigenvalue weighted by molar-refractivity contribution is 5.36. The van der Waals surface area contributed by atoms with E-state index in [1.807, 2.05) is 6.07 Å². The Labute approximate surface area is 115 Å². The molecule has 0 unspecified atom stereocenters. The quantitative estimate of drug-likeness (QED) is 0.835. The van der Waals surface area contributed by atoms with Gasteiger partial charge in [0.15, 0.2) is 0 Å². The first-order valence-electron chi connectivity index (χ1n) is 6.83. The largest absolute Gasteiger partial charge is 0.496 e. The van der Waals surface area contributed by atoms with E-state index in [2.05, 4.69) is 36.9 Å². The van der Waals surface area contributed by atoms with Crippen molar-refractivity contribution in [2.24, 2.45) is 5.41 Å². The zero-order valence-corrected chi connectivity index (χ0v) is 12.1. The molecule has 1 saturated heterocycles. The van der Waals surface area contributed by atoms with E-state index in [9.17, 15) is 0 Å². The lowest BCUT2D eigenvalue weighted by molar-refractivity contribution is 0.149. The first-order valence-corrected chi connectivity index (χ1v) is 6.83. The molecule has 0 N–H and O–H groups in total. The number of ether oxygens (including phenoxy) is 1. The first kappa shape index (κ1) is 13.9. The van der Waals surface area contributed by atoms with E-state index in [1.165, 1.54) is 11.1 Å². The van der Waals surface area contributed by atoms with Crippen molar-refractivity contribution in [3.63, 3.8) is 0 Å². The molecule has 0 aromatic heterocycles. The van der Waals surface area contributed by atoms with Crippen LogP contribution in [0.4, 0.5) is 0 Å². The van der Waals surface area contributed by atoms with Gasteiger partial charge in [-0.3, -0.25) is 4.90 Å². The number of aryl methyl sites for hydroxylation is 1. The van der Waals surface area contributed by atoms with Gasteiger partial charge in [0, 0.05) is 12.1 Å². The molecule has 0 aliphatic carbocycles. The fraction of sp³-hybridized carbons (Fsp3) is 0.562. The number of likely N-dealkylation sites (tertiary alicyclic amines) is 1. The van der Waals surface area contributed by atoms with Crippen LogP contribution in [0, 0.1) is 23.7 Å². The van der Waals surface area contributed by atoms with Crippen molar-refractivity contribution < 1.29 is 4.74 Å². The molecule has 0 bridgehead atoms. The van der Waals surface area contributed by atoms with Gasteiger partial charge in [-0.15, -0.1) is 0 Å². The zero-order valence-electron chi connectivity index (χ0n) is 12.1. The van der Waals surface area contributed by atoms with E-state index in [1.54, 1.807) is 7.11 Å². The second kappa shape index (κ2) is 5.63. The van der Waals surface area contributed by atoms with E-state index in [4.69, 9.17) is 10.00 Å². The smallest absolute Gasteiger partial charge is 0.123 e. The Morgan fingerprint density at radius 2 is 2.05 bits per heavy atom. The SMILES string of the molecule is COc1ccc(C)cc1CN1CCC(C)(C#N)CC1. The van der Waals surface area contributed by atoms with Crippen LogP contribution in [0.3, 0.4) is 0 Å². The fourth-order valence-corrected chi connectivity index (χ4v) is 2.59. The maximum Gasteiger partial charge on any atom is 0.123 e. The molecule has 3 nitrogen and oxygen atoms in total. The Balaban J connectivity index is 2.03. The molecule has 1 aromatic carbocycles. The van der Waals surface area contributed by atoms with Crippen LogP contribution in [0.25, 0.3) is 0 Å². The number of rotatable bonds is 3. The van der Waals surface area contributed by atoms with Gasteiger partial charge in [-0.05, 0) is 45.8 Å². The first-order chi connectivity index (χ1) is 9.06.